The topological polar surface area (TPSA) is 61.6 Å². The Hall–Kier alpha value is -1.71. The standard InChI is InChI=1S/C9H11NO3/c1-12-8-5-3-2-4-7(8)6-13-9(10)11/h2-5H,6H2,1H3,(H2,10,11). The van der Waals surface area contributed by atoms with Crippen molar-refractivity contribution < 1.29 is 14.3 Å². The quantitative estimate of drug-likeness (QED) is 0.764. The molecule has 0 fully saturated rings. The summed E-state index contributed by atoms with van der Waals surface area (Å²) in [5.41, 5.74) is 5.63. The van der Waals surface area contributed by atoms with Crippen LogP contribution in [0.3, 0.4) is 0 Å². The van der Waals surface area contributed by atoms with E-state index in [4.69, 9.17) is 10.5 Å². The first-order valence-electron chi connectivity index (χ1n) is 3.78. The predicted molar refractivity (Wildman–Crippen MR) is 47.4 cm³/mol. The second-order valence-electron chi connectivity index (χ2n) is 2.42. The van der Waals surface area contributed by atoms with E-state index in [1.807, 2.05) is 18.2 Å². The number of carbonyl (C=O) groups is 1. The van der Waals surface area contributed by atoms with Crippen molar-refractivity contribution in [1.29, 1.82) is 0 Å². The van der Waals surface area contributed by atoms with E-state index in [9.17, 15) is 4.79 Å². The van der Waals surface area contributed by atoms with Crippen molar-refractivity contribution >= 4 is 6.09 Å². The van der Waals surface area contributed by atoms with Crippen LogP contribution in [0.5, 0.6) is 5.75 Å². The smallest absolute Gasteiger partial charge is 0.404 e. The molecular weight excluding hydrogens is 170 g/mol. The zero-order valence-electron chi connectivity index (χ0n) is 7.32. The van der Waals surface area contributed by atoms with Gasteiger partial charge in [-0.3, -0.25) is 0 Å². The number of rotatable bonds is 3. The van der Waals surface area contributed by atoms with E-state index >= 15 is 0 Å². The van der Waals surface area contributed by atoms with Crippen molar-refractivity contribution in [2.75, 3.05) is 7.11 Å². The van der Waals surface area contributed by atoms with Crippen LogP contribution in [0.25, 0.3) is 0 Å². The molecule has 4 heteroatoms. The Labute approximate surface area is 76.3 Å². The number of methoxy groups -OCH3 is 1. The maximum Gasteiger partial charge on any atom is 0.404 e. The molecule has 0 radical (unpaired) electrons. The average Bonchev–Trinajstić information content (AvgIpc) is 2.15. The molecule has 0 aliphatic carbocycles. The Morgan fingerprint density at radius 1 is 1.46 bits per heavy atom. The molecule has 0 aliphatic heterocycles. The molecule has 0 saturated carbocycles. The van der Waals surface area contributed by atoms with Gasteiger partial charge < -0.3 is 15.2 Å². The minimum absolute atomic E-state index is 0.138. The Morgan fingerprint density at radius 2 is 2.15 bits per heavy atom. The lowest BCUT2D eigenvalue weighted by Gasteiger charge is -2.06. The summed E-state index contributed by atoms with van der Waals surface area (Å²) in [6, 6.07) is 7.27. The number of hydrogen-bond donors (Lipinski definition) is 1. The molecule has 1 aromatic carbocycles. The lowest BCUT2D eigenvalue weighted by molar-refractivity contribution is 0.149. The molecule has 0 atom stereocenters. The fourth-order valence-corrected chi connectivity index (χ4v) is 0.971. The number of nitrogens with two attached hydrogens (primary N) is 1. The number of ether oxygens (including phenoxy) is 2. The number of para-hydroxylation sites is 1. The van der Waals surface area contributed by atoms with E-state index in [0.717, 1.165) is 5.56 Å². The molecule has 13 heavy (non-hydrogen) atoms. The first kappa shape index (κ1) is 9.38. The van der Waals surface area contributed by atoms with Crippen molar-refractivity contribution in [3.63, 3.8) is 0 Å². The maximum atomic E-state index is 10.3. The number of amides is 1. The Bertz CT molecular complexity index is 299. The van der Waals surface area contributed by atoms with Gasteiger partial charge >= 0.3 is 6.09 Å². The Morgan fingerprint density at radius 3 is 2.77 bits per heavy atom. The van der Waals surface area contributed by atoms with Crippen LogP contribution in [0.15, 0.2) is 24.3 Å². The molecule has 0 saturated heterocycles. The molecule has 2 N–H and O–H groups in total. The van der Waals surface area contributed by atoms with Gasteiger partial charge in [0, 0.05) is 5.56 Å². The summed E-state index contributed by atoms with van der Waals surface area (Å²) in [6.45, 7) is 0.138. The molecule has 0 unspecified atom stereocenters. The van der Waals surface area contributed by atoms with Gasteiger partial charge in [-0.1, -0.05) is 18.2 Å². The molecule has 70 valence electrons. The third-order valence-corrected chi connectivity index (χ3v) is 1.56. The summed E-state index contributed by atoms with van der Waals surface area (Å²) in [4.78, 5) is 10.3. The number of benzene rings is 1. The third kappa shape index (κ3) is 2.66. The monoisotopic (exact) mass is 181 g/mol. The fraction of sp³-hybridized carbons (Fsp3) is 0.222. The lowest BCUT2D eigenvalue weighted by Crippen LogP contribution is -2.12. The molecule has 0 aliphatic rings. The van der Waals surface area contributed by atoms with E-state index in [-0.39, 0.29) is 6.61 Å². The molecule has 4 nitrogen and oxygen atoms in total. The first-order chi connectivity index (χ1) is 6.24. The minimum Gasteiger partial charge on any atom is -0.496 e. The molecule has 1 aromatic rings. The molecule has 1 rings (SSSR count). The van der Waals surface area contributed by atoms with Gasteiger partial charge in [0.1, 0.15) is 12.4 Å². The van der Waals surface area contributed by atoms with E-state index in [1.54, 1.807) is 13.2 Å². The first-order valence-corrected chi connectivity index (χ1v) is 3.78. The highest BCUT2D eigenvalue weighted by Gasteiger charge is 2.02. The van der Waals surface area contributed by atoms with E-state index < -0.39 is 6.09 Å². The maximum absolute atomic E-state index is 10.3. The molecule has 0 spiro atoms. The normalized spacial score (nSPS) is 9.31. The van der Waals surface area contributed by atoms with Gasteiger partial charge in [0.05, 0.1) is 7.11 Å². The summed E-state index contributed by atoms with van der Waals surface area (Å²) < 4.78 is 9.67. The van der Waals surface area contributed by atoms with E-state index in [1.165, 1.54) is 0 Å². The number of carbonyl (C=O) groups excluding carboxylic acids is 1. The second kappa shape index (κ2) is 4.35. The number of hydrogen-bond acceptors (Lipinski definition) is 3. The van der Waals surface area contributed by atoms with E-state index in [0.29, 0.717) is 5.75 Å². The van der Waals surface area contributed by atoms with Crippen LogP contribution in [0.2, 0.25) is 0 Å². The van der Waals surface area contributed by atoms with Crippen LogP contribution in [-0.2, 0) is 11.3 Å². The van der Waals surface area contributed by atoms with Crippen molar-refractivity contribution in [3.05, 3.63) is 29.8 Å². The lowest BCUT2D eigenvalue weighted by atomic mass is 10.2. The SMILES string of the molecule is COc1ccccc1COC(N)=O. The predicted octanol–water partition coefficient (Wildman–Crippen LogP) is 1.29. The zero-order chi connectivity index (χ0) is 9.68. The van der Waals surface area contributed by atoms with Gasteiger partial charge in [0.2, 0.25) is 0 Å². The molecular formula is C9H11NO3. The second-order valence-corrected chi connectivity index (χ2v) is 2.42. The van der Waals surface area contributed by atoms with Crippen LogP contribution < -0.4 is 10.5 Å². The summed E-state index contributed by atoms with van der Waals surface area (Å²) in [6.07, 6.45) is -0.786. The van der Waals surface area contributed by atoms with E-state index in [2.05, 4.69) is 4.74 Å². The highest BCUT2D eigenvalue weighted by molar-refractivity contribution is 5.64. The molecule has 0 heterocycles. The van der Waals surface area contributed by atoms with Gasteiger partial charge in [-0.05, 0) is 6.07 Å². The van der Waals surface area contributed by atoms with Gasteiger partial charge in [0.25, 0.3) is 0 Å². The summed E-state index contributed by atoms with van der Waals surface area (Å²) in [5.74, 6) is 0.684. The molecule has 0 bridgehead atoms. The van der Waals surface area contributed by atoms with Gasteiger partial charge in [-0.15, -0.1) is 0 Å². The largest absolute Gasteiger partial charge is 0.496 e. The average molecular weight is 181 g/mol. The van der Waals surface area contributed by atoms with Crippen LogP contribution in [0, 0.1) is 0 Å². The van der Waals surface area contributed by atoms with Crippen LogP contribution in [0.1, 0.15) is 5.56 Å². The summed E-state index contributed by atoms with van der Waals surface area (Å²) in [7, 11) is 1.56. The van der Waals surface area contributed by atoms with Gasteiger partial charge in [0.15, 0.2) is 0 Å². The number of primary amides is 1. The third-order valence-electron chi connectivity index (χ3n) is 1.56. The van der Waals surface area contributed by atoms with Crippen molar-refractivity contribution in [1.82, 2.24) is 0 Å². The Balaban J connectivity index is 2.69. The van der Waals surface area contributed by atoms with Crippen molar-refractivity contribution in [2.45, 2.75) is 6.61 Å². The zero-order valence-corrected chi connectivity index (χ0v) is 7.32. The molecule has 1 amide bonds. The molecule has 0 aromatic heterocycles. The van der Waals surface area contributed by atoms with Crippen molar-refractivity contribution in [3.8, 4) is 5.75 Å². The van der Waals surface area contributed by atoms with Gasteiger partial charge in [-0.2, -0.15) is 0 Å². The Kier molecular flexibility index (Phi) is 3.14. The van der Waals surface area contributed by atoms with Gasteiger partial charge in [-0.25, -0.2) is 4.79 Å². The summed E-state index contributed by atoms with van der Waals surface area (Å²) >= 11 is 0. The summed E-state index contributed by atoms with van der Waals surface area (Å²) in [5, 5.41) is 0. The van der Waals surface area contributed by atoms with Crippen LogP contribution in [0.4, 0.5) is 4.79 Å². The highest BCUT2D eigenvalue weighted by Crippen LogP contribution is 2.17. The van der Waals surface area contributed by atoms with Crippen molar-refractivity contribution in [2.24, 2.45) is 5.73 Å². The van der Waals surface area contributed by atoms with Crippen LogP contribution in [-0.4, -0.2) is 13.2 Å². The minimum atomic E-state index is -0.786. The van der Waals surface area contributed by atoms with Crippen LogP contribution >= 0.6 is 0 Å². The highest BCUT2D eigenvalue weighted by atomic mass is 16.5. The fourth-order valence-electron chi connectivity index (χ4n) is 0.971.